The van der Waals surface area contributed by atoms with Crippen LogP contribution in [0, 0.1) is 0 Å². The maximum Gasteiger partial charge on any atom is 0.158 e. The lowest BCUT2D eigenvalue weighted by atomic mass is 10.2. The van der Waals surface area contributed by atoms with Gasteiger partial charge in [-0.25, -0.2) is 8.78 Å². The maximum atomic E-state index is 12.4. The minimum absolute atomic E-state index is 0.0463. The third-order valence-electron chi connectivity index (χ3n) is 1.15. The number of rotatable bonds is 1. The topological polar surface area (TPSA) is 0 Å². The molecule has 0 saturated carbocycles. The molecule has 0 amide bonds. The molecule has 0 aromatic heterocycles. The molecule has 0 nitrogen and oxygen atoms in total. The van der Waals surface area contributed by atoms with Gasteiger partial charge in [0.2, 0.25) is 0 Å². The van der Waals surface area contributed by atoms with Crippen LogP contribution in [-0.2, 0) is 0 Å². The number of halogens is 2. The second-order valence-corrected chi connectivity index (χ2v) is 1.82. The molecular weight excluding hydrogens is 134 g/mol. The molecule has 52 valence electrons. The van der Waals surface area contributed by atoms with E-state index in [-0.39, 0.29) is 11.9 Å². The highest BCUT2D eigenvalue weighted by Crippen LogP contribution is 2.14. The zero-order valence-corrected chi connectivity index (χ0v) is 5.22. The number of benzene rings is 1. The monoisotopic (exact) mass is 140 g/mol. The summed E-state index contributed by atoms with van der Waals surface area (Å²) < 4.78 is 23.9. The Morgan fingerprint density at radius 3 is 2.30 bits per heavy atom. The van der Waals surface area contributed by atoms with Gasteiger partial charge >= 0.3 is 0 Å². The van der Waals surface area contributed by atoms with Crippen molar-refractivity contribution in [3.8, 4) is 0 Å². The summed E-state index contributed by atoms with van der Waals surface area (Å²) in [5.41, 5.74) is 0.269. The summed E-state index contributed by atoms with van der Waals surface area (Å²) in [4.78, 5) is 0. The van der Waals surface area contributed by atoms with Gasteiger partial charge in [0.25, 0.3) is 0 Å². The first kappa shape index (κ1) is 6.93. The molecule has 2 heteroatoms. The first-order chi connectivity index (χ1) is 4.84. The quantitative estimate of drug-likeness (QED) is 0.562. The van der Waals surface area contributed by atoms with E-state index in [4.69, 9.17) is 0 Å². The van der Waals surface area contributed by atoms with Crippen LogP contribution in [0.15, 0.2) is 36.7 Å². The summed E-state index contributed by atoms with van der Waals surface area (Å²) in [7, 11) is 0. The van der Waals surface area contributed by atoms with E-state index in [9.17, 15) is 8.78 Å². The molecule has 1 aromatic rings. The normalized spacial score (nSPS) is 11.6. The van der Waals surface area contributed by atoms with Crippen molar-refractivity contribution in [3.05, 3.63) is 42.2 Å². The van der Waals surface area contributed by atoms with Crippen molar-refractivity contribution >= 4 is 5.83 Å². The van der Waals surface area contributed by atoms with Crippen LogP contribution in [0.3, 0.4) is 0 Å². The largest absolute Gasteiger partial charge is 0.212 e. The second-order valence-electron chi connectivity index (χ2n) is 1.82. The van der Waals surface area contributed by atoms with Crippen LogP contribution in [-0.4, -0.2) is 0 Å². The van der Waals surface area contributed by atoms with Crippen molar-refractivity contribution in [2.75, 3.05) is 0 Å². The third-order valence-corrected chi connectivity index (χ3v) is 1.15. The molecule has 1 rings (SSSR count). The van der Waals surface area contributed by atoms with Gasteiger partial charge in [-0.15, -0.1) is 0 Å². The zero-order valence-electron chi connectivity index (χ0n) is 5.22. The van der Waals surface area contributed by atoms with Gasteiger partial charge < -0.3 is 0 Å². The SMILES string of the molecule is FC=C(F)c1ccccc1. The van der Waals surface area contributed by atoms with Crippen molar-refractivity contribution in [2.45, 2.75) is 0 Å². The highest BCUT2D eigenvalue weighted by molar-refractivity contribution is 5.57. The minimum Gasteiger partial charge on any atom is -0.212 e. The molecule has 0 spiro atoms. The van der Waals surface area contributed by atoms with Gasteiger partial charge in [0.15, 0.2) is 5.83 Å². The summed E-state index contributed by atoms with van der Waals surface area (Å²) >= 11 is 0. The molecule has 0 fully saturated rings. The number of hydrogen-bond donors (Lipinski definition) is 0. The molecule has 0 heterocycles. The van der Waals surface area contributed by atoms with E-state index in [2.05, 4.69) is 0 Å². The lowest BCUT2D eigenvalue weighted by Crippen LogP contribution is -1.73. The Kier molecular flexibility index (Phi) is 2.15. The number of hydrogen-bond acceptors (Lipinski definition) is 0. The second kappa shape index (κ2) is 3.11. The Balaban J connectivity index is 2.96. The average molecular weight is 140 g/mol. The van der Waals surface area contributed by atoms with Crippen LogP contribution >= 0.6 is 0 Å². The fourth-order valence-corrected chi connectivity index (χ4v) is 0.660. The summed E-state index contributed by atoms with van der Waals surface area (Å²) in [6, 6.07) is 8.06. The lowest BCUT2D eigenvalue weighted by Gasteiger charge is -1.91. The van der Waals surface area contributed by atoms with Crippen LogP contribution in [0.1, 0.15) is 5.56 Å². The Hall–Kier alpha value is -1.18. The van der Waals surface area contributed by atoms with Gasteiger partial charge in [0.1, 0.15) is 6.33 Å². The van der Waals surface area contributed by atoms with Crippen LogP contribution < -0.4 is 0 Å². The van der Waals surface area contributed by atoms with Crippen LogP contribution in [0.4, 0.5) is 8.78 Å². The fourth-order valence-electron chi connectivity index (χ4n) is 0.660. The zero-order chi connectivity index (χ0) is 7.40. The van der Waals surface area contributed by atoms with Gasteiger partial charge in [0, 0.05) is 5.56 Å². The Labute approximate surface area is 57.8 Å². The summed E-state index contributed by atoms with van der Waals surface area (Å²) in [6.07, 6.45) is -0.0463. The van der Waals surface area contributed by atoms with Crippen molar-refractivity contribution in [3.63, 3.8) is 0 Å². The van der Waals surface area contributed by atoms with Gasteiger partial charge in [-0.2, -0.15) is 0 Å². The molecule has 1 aromatic carbocycles. The van der Waals surface area contributed by atoms with Crippen LogP contribution in [0.5, 0.6) is 0 Å². The van der Waals surface area contributed by atoms with E-state index in [1.165, 1.54) is 12.1 Å². The molecule has 0 atom stereocenters. The molecule has 10 heavy (non-hydrogen) atoms. The summed E-state index contributed by atoms with van der Waals surface area (Å²) in [5.74, 6) is -0.833. The van der Waals surface area contributed by atoms with Crippen molar-refractivity contribution in [1.82, 2.24) is 0 Å². The predicted molar refractivity (Wildman–Crippen MR) is 36.6 cm³/mol. The first-order valence-corrected chi connectivity index (χ1v) is 2.86. The van der Waals surface area contributed by atoms with Crippen molar-refractivity contribution < 1.29 is 8.78 Å². The summed E-state index contributed by atoms with van der Waals surface area (Å²) in [5, 5.41) is 0. The Bertz CT molecular complexity index is 226. The van der Waals surface area contributed by atoms with E-state index in [0.29, 0.717) is 0 Å². The van der Waals surface area contributed by atoms with E-state index in [1.54, 1.807) is 18.2 Å². The van der Waals surface area contributed by atoms with E-state index < -0.39 is 5.83 Å². The lowest BCUT2D eigenvalue weighted by molar-refractivity contribution is 0.671. The van der Waals surface area contributed by atoms with Crippen LogP contribution in [0.25, 0.3) is 5.83 Å². The molecule has 0 radical (unpaired) electrons. The molecular formula is C8H6F2. The molecule has 0 aliphatic carbocycles. The Morgan fingerprint density at radius 2 is 1.80 bits per heavy atom. The smallest absolute Gasteiger partial charge is 0.158 e. The minimum atomic E-state index is -0.833. The maximum absolute atomic E-state index is 12.4. The molecule has 0 bridgehead atoms. The van der Waals surface area contributed by atoms with Gasteiger partial charge in [-0.1, -0.05) is 30.3 Å². The molecule has 0 unspecified atom stereocenters. The van der Waals surface area contributed by atoms with E-state index in [0.717, 1.165) is 0 Å². The predicted octanol–water partition coefficient (Wildman–Crippen LogP) is 2.92. The van der Waals surface area contributed by atoms with E-state index >= 15 is 0 Å². The summed E-state index contributed by atoms with van der Waals surface area (Å²) in [6.45, 7) is 0. The molecule has 0 aliphatic heterocycles. The molecule has 0 aliphatic rings. The van der Waals surface area contributed by atoms with Gasteiger partial charge in [-0.3, -0.25) is 0 Å². The molecule has 0 saturated heterocycles. The third kappa shape index (κ3) is 1.41. The van der Waals surface area contributed by atoms with Crippen molar-refractivity contribution in [1.29, 1.82) is 0 Å². The average Bonchev–Trinajstić information content (AvgIpc) is 2.05. The first-order valence-electron chi connectivity index (χ1n) is 2.86. The van der Waals surface area contributed by atoms with Gasteiger partial charge in [-0.05, 0) is 0 Å². The highest BCUT2D eigenvalue weighted by atomic mass is 19.2. The van der Waals surface area contributed by atoms with Crippen LogP contribution in [0.2, 0.25) is 0 Å². The van der Waals surface area contributed by atoms with Crippen molar-refractivity contribution in [2.24, 2.45) is 0 Å². The fraction of sp³-hybridized carbons (Fsp3) is 0. The molecule has 0 N–H and O–H groups in total. The van der Waals surface area contributed by atoms with E-state index in [1.807, 2.05) is 0 Å². The van der Waals surface area contributed by atoms with Gasteiger partial charge in [0.05, 0.1) is 0 Å². The standard InChI is InChI=1S/C8H6F2/c9-6-8(10)7-4-2-1-3-5-7/h1-6H. The Morgan fingerprint density at radius 1 is 1.20 bits per heavy atom. The highest BCUT2D eigenvalue weighted by Gasteiger charge is 1.95.